The second kappa shape index (κ2) is 4.99. The van der Waals surface area contributed by atoms with Crippen molar-refractivity contribution in [1.29, 1.82) is 0 Å². The summed E-state index contributed by atoms with van der Waals surface area (Å²) in [4.78, 5) is 11.4. The lowest BCUT2D eigenvalue weighted by Gasteiger charge is -2.31. The zero-order valence-corrected chi connectivity index (χ0v) is 10.1. The minimum atomic E-state index is -1.07. The lowest BCUT2D eigenvalue weighted by Crippen LogP contribution is -2.49. The number of alkyl carbamates (subject to hydrolysis) is 1. The molecule has 0 radical (unpaired) electrons. The second-order valence-electron chi connectivity index (χ2n) is 5.34. The summed E-state index contributed by atoms with van der Waals surface area (Å²) in [5, 5.41) is 2.55. The van der Waals surface area contributed by atoms with Crippen molar-refractivity contribution in [2.24, 2.45) is 5.73 Å². The number of halogens is 1. The molecule has 1 rings (SSSR count). The lowest BCUT2D eigenvalue weighted by molar-refractivity contribution is 0.0445. The van der Waals surface area contributed by atoms with Crippen LogP contribution in [0.3, 0.4) is 0 Å². The smallest absolute Gasteiger partial charge is 0.407 e. The highest BCUT2D eigenvalue weighted by molar-refractivity contribution is 5.68. The topological polar surface area (TPSA) is 64.3 Å². The fourth-order valence-electron chi connectivity index (χ4n) is 1.77. The van der Waals surface area contributed by atoms with Crippen LogP contribution in [0.5, 0.6) is 0 Å². The molecule has 1 amide bonds. The molecule has 0 saturated heterocycles. The predicted octanol–water partition coefficient (Wildman–Crippen LogP) is 1.73. The third kappa shape index (κ3) is 4.35. The highest BCUT2D eigenvalue weighted by Crippen LogP contribution is 2.21. The van der Waals surface area contributed by atoms with Crippen molar-refractivity contribution in [3.63, 3.8) is 0 Å². The molecule has 5 heteroatoms. The Bertz CT molecular complexity index is 253. The average Bonchev–Trinajstić information content (AvgIpc) is 2.06. The Kier molecular flexibility index (Phi) is 4.13. The minimum absolute atomic E-state index is 0.0910. The van der Waals surface area contributed by atoms with E-state index in [1.807, 2.05) is 0 Å². The van der Waals surface area contributed by atoms with E-state index >= 15 is 0 Å². The molecule has 0 aromatic rings. The number of hydrogen-bond acceptors (Lipinski definition) is 3. The molecule has 3 atom stereocenters. The molecule has 0 spiro atoms. The van der Waals surface area contributed by atoms with Crippen LogP contribution in [-0.4, -0.2) is 29.9 Å². The third-order valence-electron chi connectivity index (χ3n) is 2.52. The molecule has 0 unspecified atom stereocenters. The van der Waals surface area contributed by atoms with E-state index in [1.54, 1.807) is 20.8 Å². The number of carbonyl (C=O) groups excluding carboxylic acids is 1. The quantitative estimate of drug-likeness (QED) is 0.723. The molecule has 3 N–H and O–H groups in total. The van der Waals surface area contributed by atoms with Gasteiger partial charge in [0.05, 0.1) is 6.04 Å². The summed E-state index contributed by atoms with van der Waals surface area (Å²) < 4.78 is 18.6. The highest BCUT2D eigenvalue weighted by Gasteiger charge is 2.31. The normalized spacial score (nSPS) is 30.9. The summed E-state index contributed by atoms with van der Waals surface area (Å²) in [7, 11) is 0. The van der Waals surface area contributed by atoms with Crippen LogP contribution >= 0.6 is 0 Å². The van der Waals surface area contributed by atoms with Crippen LogP contribution in [0.15, 0.2) is 0 Å². The maximum absolute atomic E-state index is 13.5. The van der Waals surface area contributed by atoms with Gasteiger partial charge in [0.2, 0.25) is 0 Å². The number of alkyl halides is 1. The summed E-state index contributed by atoms with van der Waals surface area (Å²) in [6.07, 6.45) is -0.0185. The third-order valence-corrected chi connectivity index (χ3v) is 2.52. The number of nitrogens with two attached hydrogens (primary N) is 1. The van der Waals surface area contributed by atoms with Crippen molar-refractivity contribution in [2.75, 3.05) is 0 Å². The van der Waals surface area contributed by atoms with E-state index in [4.69, 9.17) is 10.5 Å². The summed E-state index contributed by atoms with van der Waals surface area (Å²) in [6, 6.07) is -0.554. The number of carbonyl (C=O) groups is 1. The molecular weight excluding hydrogens is 211 g/mol. The standard InChI is InChI=1S/C11H21FN2O2/c1-11(2,3)16-10(15)14-9-5-4-7(13)6-8(9)12/h7-9H,4-6,13H2,1-3H3,(H,14,15)/t7-,8-,9-/m0/s1. The van der Waals surface area contributed by atoms with E-state index in [1.165, 1.54) is 0 Å². The fourth-order valence-corrected chi connectivity index (χ4v) is 1.77. The first-order valence-electron chi connectivity index (χ1n) is 5.67. The highest BCUT2D eigenvalue weighted by atomic mass is 19.1. The van der Waals surface area contributed by atoms with E-state index < -0.39 is 23.9 Å². The number of amides is 1. The van der Waals surface area contributed by atoms with Crippen LogP contribution in [0.25, 0.3) is 0 Å². The van der Waals surface area contributed by atoms with Gasteiger partial charge in [-0.1, -0.05) is 0 Å². The van der Waals surface area contributed by atoms with Gasteiger partial charge in [-0.15, -0.1) is 0 Å². The SMILES string of the molecule is CC(C)(C)OC(=O)N[C@H]1CC[C@H](N)C[C@@H]1F. The molecule has 0 aliphatic heterocycles. The van der Waals surface area contributed by atoms with Crippen LogP contribution in [0.2, 0.25) is 0 Å². The average molecular weight is 232 g/mol. The predicted molar refractivity (Wildman–Crippen MR) is 59.9 cm³/mol. The van der Waals surface area contributed by atoms with Gasteiger partial charge in [-0.05, 0) is 40.0 Å². The Labute approximate surface area is 95.7 Å². The number of nitrogens with one attached hydrogen (secondary N) is 1. The first-order chi connectivity index (χ1) is 7.28. The van der Waals surface area contributed by atoms with Crippen LogP contribution in [0.4, 0.5) is 9.18 Å². The molecule has 16 heavy (non-hydrogen) atoms. The van der Waals surface area contributed by atoms with Gasteiger partial charge in [0.15, 0.2) is 0 Å². The van der Waals surface area contributed by atoms with E-state index in [0.717, 1.165) is 6.42 Å². The van der Waals surface area contributed by atoms with Crippen LogP contribution < -0.4 is 11.1 Å². The van der Waals surface area contributed by atoms with Crippen LogP contribution in [0, 0.1) is 0 Å². The van der Waals surface area contributed by atoms with Gasteiger partial charge >= 0.3 is 6.09 Å². The van der Waals surface area contributed by atoms with E-state index in [-0.39, 0.29) is 6.04 Å². The first kappa shape index (κ1) is 13.2. The Morgan fingerprint density at radius 3 is 2.56 bits per heavy atom. The zero-order valence-electron chi connectivity index (χ0n) is 10.1. The fraction of sp³-hybridized carbons (Fsp3) is 0.909. The Hall–Kier alpha value is -0.840. The maximum atomic E-state index is 13.5. The van der Waals surface area contributed by atoms with E-state index in [2.05, 4.69) is 5.32 Å². The largest absolute Gasteiger partial charge is 0.444 e. The minimum Gasteiger partial charge on any atom is -0.444 e. The van der Waals surface area contributed by atoms with E-state index in [0.29, 0.717) is 12.8 Å². The van der Waals surface area contributed by atoms with Gasteiger partial charge in [-0.25, -0.2) is 9.18 Å². The van der Waals surface area contributed by atoms with Gasteiger partial charge < -0.3 is 15.8 Å². The zero-order chi connectivity index (χ0) is 12.3. The van der Waals surface area contributed by atoms with Crippen molar-refractivity contribution in [3.8, 4) is 0 Å². The number of rotatable bonds is 1. The molecule has 0 aromatic carbocycles. The Balaban J connectivity index is 2.39. The van der Waals surface area contributed by atoms with Crippen molar-refractivity contribution in [1.82, 2.24) is 5.32 Å². The number of hydrogen-bond donors (Lipinski definition) is 2. The van der Waals surface area contributed by atoms with Gasteiger partial charge in [0.1, 0.15) is 11.8 Å². The van der Waals surface area contributed by atoms with Gasteiger partial charge in [-0.3, -0.25) is 0 Å². The molecular formula is C11H21FN2O2. The van der Waals surface area contributed by atoms with Crippen molar-refractivity contribution in [3.05, 3.63) is 0 Å². The summed E-state index contributed by atoms with van der Waals surface area (Å²) in [5.41, 5.74) is 5.08. The number of ether oxygens (including phenoxy) is 1. The van der Waals surface area contributed by atoms with Crippen molar-refractivity contribution >= 4 is 6.09 Å². The molecule has 0 aromatic heterocycles. The molecule has 1 fully saturated rings. The van der Waals surface area contributed by atoms with Crippen LogP contribution in [0.1, 0.15) is 40.0 Å². The first-order valence-corrected chi connectivity index (χ1v) is 5.67. The summed E-state index contributed by atoms with van der Waals surface area (Å²) in [5.74, 6) is 0. The molecule has 0 bridgehead atoms. The van der Waals surface area contributed by atoms with E-state index in [9.17, 15) is 9.18 Å². The Morgan fingerprint density at radius 1 is 1.44 bits per heavy atom. The van der Waals surface area contributed by atoms with Crippen molar-refractivity contribution in [2.45, 2.75) is 63.9 Å². The summed E-state index contributed by atoms with van der Waals surface area (Å²) in [6.45, 7) is 5.32. The summed E-state index contributed by atoms with van der Waals surface area (Å²) >= 11 is 0. The molecule has 0 heterocycles. The monoisotopic (exact) mass is 232 g/mol. The molecule has 1 aliphatic rings. The second-order valence-corrected chi connectivity index (χ2v) is 5.34. The molecule has 1 aliphatic carbocycles. The Morgan fingerprint density at radius 2 is 2.06 bits per heavy atom. The molecule has 94 valence electrons. The van der Waals surface area contributed by atoms with Gasteiger partial charge in [0.25, 0.3) is 0 Å². The molecule has 1 saturated carbocycles. The molecule has 4 nitrogen and oxygen atoms in total. The van der Waals surface area contributed by atoms with Crippen LogP contribution in [-0.2, 0) is 4.74 Å². The lowest BCUT2D eigenvalue weighted by atomic mass is 9.90. The maximum Gasteiger partial charge on any atom is 0.407 e. The van der Waals surface area contributed by atoms with Crippen molar-refractivity contribution < 1.29 is 13.9 Å². The van der Waals surface area contributed by atoms with Gasteiger partial charge in [0, 0.05) is 6.04 Å². The van der Waals surface area contributed by atoms with Gasteiger partial charge in [-0.2, -0.15) is 0 Å².